The second-order valence-electron chi connectivity index (χ2n) is 6.31. The Morgan fingerprint density at radius 1 is 1.29 bits per heavy atom. The summed E-state index contributed by atoms with van der Waals surface area (Å²) < 4.78 is 5.22. The van der Waals surface area contributed by atoms with Crippen molar-refractivity contribution in [1.82, 2.24) is 0 Å². The highest BCUT2D eigenvalue weighted by molar-refractivity contribution is 7.99. The predicted octanol–water partition coefficient (Wildman–Crippen LogP) is 4.20. The molecular weight excluding hydrogens is 284 g/mol. The van der Waals surface area contributed by atoms with Crippen LogP contribution >= 0.6 is 11.8 Å². The van der Waals surface area contributed by atoms with Crippen LogP contribution in [0.4, 0.5) is 16.2 Å². The van der Waals surface area contributed by atoms with Crippen LogP contribution in [0.25, 0.3) is 0 Å². The summed E-state index contributed by atoms with van der Waals surface area (Å²) in [4.78, 5) is 11.7. The Labute approximate surface area is 131 Å². The van der Waals surface area contributed by atoms with Gasteiger partial charge in [-0.15, -0.1) is 0 Å². The van der Waals surface area contributed by atoms with E-state index < -0.39 is 11.7 Å². The molecule has 1 unspecified atom stereocenters. The number of anilines is 2. The van der Waals surface area contributed by atoms with Crippen molar-refractivity contribution < 1.29 is 9.53 Å². The molecule has 2 N–H and O–H groups in total. The lowest BCUT2D eigenvalue weighted by Gasteiger charge is -2.19. The van der Waals surface area contributed by atoms with Gasteiger partial charge in [-0.1, -0.05) is 0 Å². The molecule has 1 aromatic rings. The van der Waals surface area contributed by atoms with Gasteiger partial charge in [-0.2, -0.15) is 11.8 Å². The van der Waals surface area contributed by atoms with Gasteiger partial charge < -0.3 is 10.1 Å². The number of nitrogens with one attached hydrogen (secondary N) is 2. The number of carbonyl (C=O) groups excluding carboxylic acids is 1. The molecule has 0 bridgehead atoms. The lowest BCUT2D eigenvalue weighted by Crippen LogP contribution is -2.27. The molecule has 1 fully saturated rings. The SMILES string of the molecule is CC(C)(C)OC(=O)Nc1ccc(NCC2CCSC2)cc1. The Morgan fingerprint density at radius 2 is 1.95 bits per heavy atom. The molecule has 1 aliphatic heterocycles. The van der Waals surface area contributed by atoms with Crippen LogP contribution in [0.15, 0.2) is 24.3 Å². The molecule has 0 radical (unpaired) electrons. The molecule has 1 amide bonds. The van der Waals surface area contributed by atoms with Crippen LogP contribution in [0.3, 0.4) is 0 Å². The summed E-state index contributed by atoms with van der Waals surface area (Å²) in [7, 11) is 0. The molecule has 2 rings (SSSR count). The largest absolute Gasteiger partial charge is 0.444 e. The van der Waals surface area contributed by atoms with Crippen molar-refractivity contribution in [1.29, 1.82) is 0 Å². The van der Waals surface area contributed by atoms with Crippen LogP contribution in [0.5, 0.6) is 0 Å². The molecule has 1 aromatic carbocycles. The number of amides is 1. The van der Waals surface area contributed by atoms with Crippen molar-refractivity contribution in [3.63, 3.8) is 0 Å². The van der Waals surface area contributed by atoms with Crippen molar-refractivity contribution in [2.75, 3.05) is 28.7 Å². The van der Waals surface area contributed by atoms with Gasteiger partial charge in [-0.3, -0.25) is 5.32 Å². The maximum absolute atomic E-state index is 11.7. The first-order chi connectivity index (χ1) is 9.92. The van der Waals surface area contributed by atoms with E-state index in [1.54, 1.807) is 0 Å². The Bertz CT molecular complexity index is 462. The topological polar surface area (TPSA) is 50.4 Å². The van der Waals surface area contributed by atoms with Gasteiger partial charge in [0.2, 0.25) is 0 Å². The Morgan fingerprint density at radius 3 is 2.52 bits per heavy atom. The first-order valence-electron chi connectivity index (χ1n) is 7.34. The lowest BCUT2D eigenvalue weighted by molar-refractivity contribution is 0.0636. The Balaban J connectivity index is 1.79. The van der Waals surface area contributed by atoms with E-state index in [0.717, 1.165) is 23.8 Å². The predicted molar refractivity (Wildman–Crippen MR) is 90.2 cm³/mol. The molecule has 1 heterocycles. The van der Waals surface area contributed by atoms with Gasteiger partial charge in [0.05, 0.1) is 0 Å². The van der Waals surface area contributed by atoms with Crippen molar-refractivity contribution in [3.05, 3.63) is 24.3 Å². The average molecular weight is 308 g/mol. The van der Waals surface area contributed by atoms with E-state index in [1.807, 2.05) is 56.8 Å². The fraction of sp³-hybridized carbons (Fsp3) is 0.562. The number of hydrogen-bond donors (Lipinski definition) is 2. The highest BCUT2D eigenvalue weighted by Crippen LogP contribution is 2.24. The van der Waals surface area contributed by atoms with Crippen molar-refractivity contribution >= 4 is 29.2 Å². The molecule has 4 nitrogen and oxygen atoms in total. The van der Waals surface area contributed by atoms with Crippen LogP contribution in [0, 0.1) is 5.92 Å². The third-order valence-electron chi connectivity index (χ3n) is 3.15. The molecule has 5 heteroatoms. The molecule has 0 spiro atoms. The van der Waals surface area contributed by atoms with Crippen molar-refractivity contribution in [3.8, 4) is 0 Å². The summed E-state index contributed by atoms with van der Waals surface area (Å²) in [6, 6.07) is 7.73. The number of hydrogen-bond acceptors (Lipinski definition) is 4. The lowest BCUT2D eigenvalue weighted by atomic mass is 10.1. The van der Waals surface area contributed by atoms with Crippen LogP contribution in [-0.2, 0) is 4.74 Å². The summed E-state index contributed by atoms with van der Waals surface area (Å²) >= 11 is 2.03. The monoisotopic (exact) mass is 308 g/mol. The van der Waals surface area contributed by atoms with E-state index in [1.165, 1.54) is 17.9 Å². The summed E-state index contributed by atoms with van der Waals surface area (Å²) in [6.45, 7) is 6.56. The van der Waals surface area contributed by atoms with Gasteiger partial charge in [0, 0.05) is 17.9 Å². The first-order valence-corrected chi connectivity index (χ1v) is 8.49. The fourth-order valence-electron chi connectivity index (χ4n) is 2.10. The average Bonchev–Trinajstić information content (AvgIpc) is 2.89. The van der Waals surface area contributed by atoms with E-state index >= 15 is 0 Å². The summed E-state index contributed by atoms with van der Waals surface area (Å²) in [5.74, 6) is 3.31. The van der Waals surface area contributed by atoms with Crippen LogP contribution in [-0.4, -0.2) is 29.7 Å². The first kappa shape index (κ1) is 16.0. The third-order valence-corrected chi connectivity index (χ3v) is 4.38. The maximum atomic E-state index is 11.7. The zero-order chi connectivity index (χ0) is 15.3. The Kier molecular flexibility index (Phi) is 5.39. The van der Waals surface area contributed by atoms with Crippen LogP contribution in [0.1, 0.15) is 27.2 Å². The standard InChI is InChI=1S/C16H24N2O2S/c1-16(2,3)20-15(19)18-14-6-4-13(5-7-14)17-10-12-8-9-21-11-12/h4-7,12,17H,8-11H2,1-3H3,(H,18,19). The van der Waals surface area contributed by atoms with E-state index in [-0.39, 0.29) is 0 Å². The van der Waals surface area contributed by atoms with Gasteiger partial charge in [-0.25, -0.2) is 4.79 Å². The molecule has 1 saturated heterocycles. The minimum atomic E-state index is -0.481. The Hall–Kier alpha value is -1.36. The summed E-state index contributed by atoms with van der Waals surface area (Å²) in [6.07, 6.45) is 0.877. The molecule has 1 aliphatic rings. The molecule has 0 aliphatic carbocycles. The zero-order valence-electron chi connectivity index (χ0n) is 12.9. The fourth-order valence-corrected chi connectivity index (χ4v) is 3.38. The quantitative estimate of drug-likeness (QED) is 0.875. The minimum absolute atomic E-state index is 0.425. The summed E-state index contributed by atoms with van der Waals surface area (Å²) in [5, 5.41) is 6.18. The molecule has 0 saturated carbocycles. The number of ether oxygens (including phenoxy) is 1. The normalized spacial score (nSPS) is 18.3. The molecular formula is C16H24N2O2S. The number of thioether (sulfide) groups is 1. The molecule has 116 valence electrons. The maximum Gasteiger partial charge on any atom is 0.412 e. The zero-order valence-corrected chi connectivity index (χ0v) is 13.8. The molecule has 1 atom stereocenters. The second-order valence-corrected chi connectivity index (χ2v) is 7.46. The second kappa shape index (κ2) is 7.07. The number of carbonyl (C=O) groups is 1. The van der Waals surface area contributed by atoms with E-state index in [2.05, 4.69) is 10.6 Å². The van der Waals surface area contributed by atoms with E-state index in [0.29, 0.717) is 0 Å². The van der Waals surface area contributed by atoms with Crippen LogP contribution < -0.4 is 10.6 Å². The third kappa shape index (κ3) is 5.87. The van der Waals surface area contributed by atoms with E-state index in [4.69, 9.17) is 4.74 Å². The van der Waals surface area contributed by atoms with E-state index in [9.17, 15) is 4.79 Å². The molecule has 0 aromatic heterocycles. The van der Waals surface area contributed by atoms with Gasteiger partial charge in [0.15, 0.2) is 0 Å². The smallest absolute Gasteiger partial charge is 0.412 e. The van der Waals surface area contributed by atoms with Crippen molar-refractivity contribution in [2.24, 2.45) is 5.92 Å². The molecule has 21 heavy (non-hydrogen) atoms. The summed E-state index contributed by atoms with van der Waals surface area (Å²) in [5.41, 5.74) is 1.35. The van der Waals surface area contributed by atoms with Gasteiger partial charge >= 0.3 is 6.09 Å². The highest BCUT2D eigenvalue weighted by Gasteiger charge is 2.16. The van der Waals surface area contributed by atoms with Crippen molar-refractivity contribution in [2.45, 2.75) is 32.8 Å². The number of rotatable bonds is 4. The number of benzene rings is 1. The van der Waals surface area contributed by atoms with Gasteiger partial charge in [0.1, 0.15) is 5.60 Å². The van der Waals surface area contributed by atoms with Gasteiger partial charge in [0.25, 0.3) is 0 Å². The minimum Gasteiger partial charge on any atom is -0.444 e. The highest BCUT2D eigenvalue weighted by atomic mass is 32.2. The van der Waals surface area contributed by atoms with Gasteiger partial charge in [-0.05, 0) is 68.9 Å². The van der Waals surface area contributed by atoms with Crippen LogP contribution in [0.2, 0.25) is 0 Å².